The quantitative estimate of drug-likeness (QED) is 0.578. The summed E-state index contributed by atoms with van der Waals surface area (Å²) < 4.78 is 0. The van der Waals surface area contributed by atoms with Crippen molar-refractivity contribution in [2.24, 2.45) is 11.1 Å². The third-order valence-electron chi connectivity index (χ3n) is 5.03. The van der Waals surface area contributed by atoms with Crippen molar-refractivity contribution < 1.29 is 9.72 Å². The highest BCUT2D eigenvalue weighted by atomic mass is 35.5. The van der Waals surface area contributed by atoms with Gasteiger partial charge in [-0.2, -0.15) is 0 Å². The van der Waals surface area contributed by atoms with Crippen LogP contribution >= 0.6 is 11.6 Å². The molecule has 1 aromatic heterocycles. The summed E-state index contributed by atoms with van der Waals surface area (Å²) in [4.78, 5) is 33.4. The number of nitrogens with two attached hydrogens (primary N) is 1. The minimum atomic E-state index is -0.613. The average Bonchev–Trinajstić information content (AvgIpc) is 2.63. The van der Waals surface area contributed by atoms with Crippen molar-refractivity contribution in [1.29, 1.82) is 0 Å². The van der Waals surface area contributed by atoms with Crippen molar-refractivity contribution in [2.45, 2.75) is 26.7 Å². The molecule has 1 amide bonds. The Morgan fingerprint density at radius 1 is 1.29 bits per heavy atom. The van der Waals surface area contributed by atoms with Crippen LogP contribution < -0.4 is 16.0 Å². The molecule has 2 heterocycles. The molecule has 1 saturated heterocycles. The minimum Gasteiger partial charge on any atom is -0.369 e. The third-order valence-corrected chi connectivity index (χ3v) is 5.28. The number of nitrogens with one attached hydrogen (secondary N) is 1. The average molecular weight is 405 g/mol. The van der Waals surface area contributed by atoms with Gasteiger partial charge in [0.25, 0.3) is 0 Å². The monoisotopic (exact) mass is 404 g/mol. The number of amides is 1. The molecule has 0 saturated carbocycles. The number of nitro groups is 1. The molecule has 1 aromatic carbocycles. The van der Waals surface area contributed by atoms with Crippen LogP contribution in [-0.2, 0) is 4.79 Å². The minimum absolute atomic E-state index is 0.109. The number of halogens is 1. The van der Waals surface area contributed by atoms with Crippen LogP contribution in [0.3, 0.4) is 0 Å². The number of nitrogens with zero attached hydrogens (tertiary/aromatic N) is 4. The fraction of sp³-hybridized carbons (Fsp3) is 0.389. The van der Waals surface area contributed by atoms with E-state index in [9.17, 15) is 14.9 Å². The van der Waals surface area contributed by atoms with Gasteiger partial charge in [-0.05, 0) is 44.0 Å². The summed E-state index contributed by atoms with van der Waals surface area (Å²) in [5.41, 5.74) is 5.30. The molecule has 0 spiro atoms. The second-order valence-electron chi connectivity index (χ2n) is 7.09. The maximum absolute atomic E-state index is 11.8. The van der Waals surface area contributed by atoms with Crippen LogP contribution in [0.25, 0.3) is 0 Å². The van der Waals surface area contributed by atoms with Crippen molar-refractivity contribution in [3.63, 3.8) is 0 Å². The molecule has 2 aromatic rings. The van der Waals surface area contributed by atoms with Gasteiger partial charge in [-0.25, -0.2) is 9.97 Å². The Hall–Kier alpha value is -2.94. The SMILES string of the molecule is Cc1nc(Nc2ccc(Cl)cc2)c([N+](=O)[O-])c(N2CCC(C)(C(N)=O)CC2)n1. The maximum Gasteiger partial charge on any atom is 0.353 e. The van der Waals surface area contributed by atoms with Gasteiger partial charge in [0.15, 0.2) is 0 Å². The lowest BCUT2D eigenvalue weighted by atomic mass is 9.80. The van der Waals surface area contributed by atoms with E-state index in [2.05, 4.69) is 15.3 Å². The first-order chi connectivity index (χ1) is 13.2. The molecule has 0 atom stereocenters. The Kier molecular flexibility index (Phi) is 5.37. The van der Waals surface area contributed by atoms with E-state index >= 15 is 0 Å². The molecule has 0 radical (unpaired) electrons. The molecule has 28 heavy (non-hydrogen) atoms. The number of aromatic nitrogens is 2. The zero-order valence-electron chi connectivity index (χ0n) is 15.6. The number of hydrogen-bond donors (Lipinski definition) is 2. The molecular weight excluding hydrogens is 384 g/mol. The summed E-state index contributed by atoms with van der Waals surface area (Å²) in [6, 6.07) is 6.78. The summed E-state index contributed by atoms with van der Waals surface area (Å²) >= 11 is 5.89. The molecule has 0 unspecified atom stereocenters. The number of primary amides is 1. The normalized spacial score (nSPS) is 15.9. The van der Waals surface area contributed by atoms with Crippen LogP contribution in [0, 0.1) is 22.5 Å². The van der Waals surface area contributed by atoms with E-state index < -0.39 is 10.3 Å². The van der Waals surface area contributed by atoms with Gasteiger partial charge in [0.1, 0.15) is 5.82 Å². The van der Waals surface area contributed by atoms with Crippen LogP contribution in [0.15, 0.2) is 24.3 Å². The van der Waals surface area contributed by atoms with Crippen LogP contribution in [0.4, 0.5) is 23.0 Å². The van der Waals surface area contributed by atoms with E-state index in [0.29, 0.717) is 42.5 Å². The van der Waals surface area contributed by atoms with Gasteiger partial charge in [-0.1, -0.05) is 18.5 Å². The van der Waals surface area contributed by atoms with Gasteiger partial charge in [-0.3, -0.25) is 14.9 Å². The van der Waals surface area contributed by atoms with E-state index in [0.717, 1.165) is 0 Å². The lowest BCUT2D eigenvalue weighted by molar-refractivity contribution is -0.383. The van der Waals surface area contributed by atoms with Crippen molar-refractivity contribution in [3.8, 4) is 0 Å². The smallest absolute Gasteiger partial charge is 0.353 e. The van der Waals surface area contributed by atoms with E-state index in [1.807, 2.05) is 11.8 Å². The fourth-order valence-electron chi connectivity index (χ4n) is 3.16. The number of carbonyl (C=O) groups excluding carboxylic acids is 1. The molecule has 1 aliphatic heterocycles. The number of rotatable bonds is 5. The molecule has 9 nitrogen and oxygen atoms in total. The van der Waals surface area contributed by atoms with E-state index in [1.54, 1.807) is 31.2 Å². The standard InChI is InChI=1S/C18H21ClN6O3/c1-11-21-15(23-13-5-3-12(19)4-6-13)14(25(27)28)16(22-11)24-9-7-18(2,8-10-24)17(20)26/h3-6H,7-10H2,1-2H3,(H2,20,26)(H,21,22,23). The predicted molar refractivity (Wildman–Crippen MR) is 107 cm³/mol. The molecule has 1 fully saturated rings. The van der Waals surface area contributed by atoms with E-state index in [4.69, 9.17) is 17.3 Å². The maximum atomic E-state index is 11.8. The number of hydrogen-bond acceptors (Lipinski definition) is 7. The van der Waals surface area contributed by atoms with Crippen LogP contribution in [0.5, 0.6) is 0 Å². The Bertz CT molecular complexity index is 910. The molecule has 10 heteroatoms. The summed E-state index contributed by atoms with van der Waals surface area (Å²) in [7, 11) is 0. The predicted octanol–water partition coefficient (Wildman–Crippen LogP) is 3.18. The zero-order chi connectivity index (χ0) is 20.5. The molecule has 0 bridgehead atoms. The lowest BCUT2D eigenvalue weighted by Crippen LogP contribution is -2.45. The zero-order valence-corrected chi connectivity index (χ0v) is 16.4. The van der Waals surface area contributed by atoms with Crippen LogP contribution in [0.1, 0.15) is 25.6 Å². The fourth-order valence-corrected chi connectivity index (χ4v) is 3.28. The Balaban J connectivity index is 1.95. The van der Waals surface area contributed by atoms with Gasteiger partial charge in [0, 0.05) is 29.2 Å². The van der Waals surface area contributed by atoms with Crippen molar-refractivity contribution in [1.82, 2.24) is 9.97 Å². The van der Waals surface area contributed by atoms with Gasteiger partial charge in [-0.15, -0.1) is 0 Å². The van der Waals surface area contributed by atoms with Gasteiger partial charge in [0.05, 0.1) is 4.92 Å². The molecule has 0 aliphatic carbocycles. The van der Waals surface area contributed by atoms with Gasteiger partial charge >= 0.3 is 5.69 Å². The highest BCUT2D eigenvalue weighted by molar-refractivity contribution is 6.30. The third kappa shape index (κ3) is 3.99. The number of aryl methyl sites for hydroxylation is 1. The molecule has 148 valence electrons. The highest BCUT2D eigenvalue weighted by Gasteiger charge is 2.38. The number of carbonyl (C=O) groups is 1. The molecule has 3 N–H and O–H groups in total. The molecular formula is C18H21ClN6O3. The Labute approximate surface area is 167 Å². The van der Waals surface area contributed by atoms with E-state index in [-0.39, 0.29) is 23.2 Å². The summed E-state index contributed by atoms with van der Waals surface area (Å²) in [5, 5.41) is 15.4. The number of piperidine rings is 1. The summed E-state index contributed by atoms with van der Waals surface area (Å²) in [5.74, 6) is 0.393. The van der Waals surface area contributed by atoms with Crippen LogP contribution in [-0.4, -0.2) is 33.9 Å². The van der Waals surface area contributed by atoms with Crippen molar-refractivity contribution >= 4 is 40.5 Å². The first-order valence-corrected chi connectivity index (χ1v) is 9.18. The first kappa shape index (κ1) is 19.8. The largest absolute Gasteiger partial charge is 0.369 e. The Morgan fingerprint density at radius 2 is 1.89 bits per heavy atom. The van der Waals surface area contributed by atoms with E-state index in [1.165, 1.54) is 0 Å². The van der Waals surface area contributed by atoms with Crippen molar-refractivity contribution in [2.75, 3.05) is 23.3 Å². The topological polar surface area (TPSA) is 127 Å². The molecule has 1 aliphatic rings. The first-order valence-electron chi connectivity index (χ1n) is 8.80. The van der Waals surface area contributed by atoms with Crippen LogP contribution in [0.2, 0.25) is 5.02 Å². The van der Waals surface area contributed by atoms with Crippen molar-refractivity contribution in [3.05, 3.63) is 45.2 Å². The lowest BCUT2D eigenvalue weighted by Gasteiger charge is -2.37. The number of anilines is 3. The highest BCUT2D eigenvalue weighted by Crippen LogP contribution is 2.38. The second kappa shape index (κ2) is 7.59. The Morgan fingerprint density at radius 3 is 2.43 bits per heavy atom. The molecule has 3 rings (SSSR count). The van der Waals surface area contributed by atoms with Gasteiger partial charge < -0.3 is 16.0 Å². The summed E-state index contributed by atoms with van der Waals surface area (Å²) in [6.45, 7) is 4.38. The number of benzene rings is 1. The summed E-state index contributed by atoms with van der Waals surface area (Å²) in [6.07, 6.45) is 1.00. The van der Waals surface area contributed by atoms with Gasteiger partial charge in [0.2, 0.25) is 17.5 Å². The second-order valence-corrected chi connectivity index (χ2v) is 7.53.